The first kappa shape index (κ1) is 33.1. The van der Waals surface area contributed by atoms with E-state index in [4.69, 9.17) is 9.47 Å². The Morgan fingerprint density at radius 3 is 2.37 bits per heavy atom. The summed E-state index contributed by atoms with van der Waals surface area (Å²) in [4.78, 5) is 30.3. The molecule has 3 aromatic carbocycles. The topological polar surface area (TPSA) is 71.1 Å². The van der Waals surface area contributed by atoms with Gasteiger partial charge in [0, 0.05) is 61.9 Å². The molecule has 3 aromatic rings. The second-order valence-corrected chi connectivity index (χ2v) is 12.0. The van der Waals surface area contributed by atoms with Crippen molar-refractivity contribution in [1.82, 2.24) is 15.1 Å². The highest BCUT2D eigenvalue weighted by atomic mass is 19.4. The van der Waals surface area contributed by atoms with Crippen LogP contribution in [0.2, 0.25) is 0 Å². The number of likely N-dealkylation sites (tertiary alicyclic amines) is 1. The van der Waals surface area contributed by atoms with Crippen LogP contribution in [0.15, 0.2) is 60.7 Å². The summed E-state index contributed by atoms with van der Waals surface area (Å²) >= 11 is 0. The van der Waals surface area contributed by atoms with Gasteiger partial charge in [0.15, 0.2) is 0 Å². The molecule has 0 aliphatic carbocycles. The predicted octanol–water partition coefficient (Wildman–Crippen LogP) is 5.35. The highest BCUT2D eigenvalue weighted by molar-refractivity contribution is 5.96. The van der Waals surface area contributed by atoms with Crippen LogP contribution in [0.4, 0.5) is 13.2 Å². The van der Waals surface area contributed by atoms with E-state index in [0.29, 0.717) is 55.1 Å². The fraction of sp³-hybridized carbons (Fsp3) is 0.389. The fourth-order valence-electron chi connectivity index (χ4n) is 6.00. The Kier molecular flexibility index (Phi) is 10.4. The molecule has 1 fully saturated rings. The molecule has 0 saturated carbocycles. The van der Waals surface area contributed by atoms with Gasteiger partial charge in [0.25, 0.3) is 11.8 Å². The standard InChI is InChI=1S/C36H40F3N3O4/c1-24-4-5-27-8-15-32(34(43)40-18-21-45-3)25(2)33(27)23-41(24)19-16-26-17-20-42(22-26)35(44)28-6-11-30(12-7-28)46-31-13-9-29(10-14-31)36(37,38)39/h5-15,23-24,26H,4,16-22H2,1-3H3,(H,40,43). The molecular formula is C36H40F3N3O4. The number of fused-ring (bicyclic) bond motifs is 1. The Morgan fingerprint density at radius 1 is 1.00 bits per heavy atom. The van der Waals surface area contributed by atoms with Crippen LogP contribution in [-0.4, -0.2) is 67.6 Å². The van der Waals surface area contributed by atoms with Gasteiger partial charge in [0.2, 0.25) is 0 Å². The first-order valence-corrected chi connectivity index (χ1v) is 15.6. The van der Waals surface area contributed by atoms with Gasteiger partial charge in [-0.1, -0.05) is 12.1 Å². The smallest absolute Gasteiger partial charge is 0.416 e. The van der Waals surface area contributed by atoms with Gasteiger partial charge in [-0.3, -0.25) is 9.59 Å². The van der Waals surface area contributed by atoms with Crippen LogP contribution < -0.4 is 20.5 Å². The lowest BCUT2D eigenvalue weighted by Crippen LogP contribution is -2.36. The van der Waals surface area contributed by atoms with Gasteiger partial charge < -0.3 is 24.6 Å². The van der Waals surface area contributed by atoms with Crippen molar-refractivity contribution in [3.63, 3.8) is 0 Å². The van der Waals surface area contributed by atoms with Crippen molar-refractivity contribution >= 4 is 24.1 Å². The maximum Gasteiger partial charge on any atom is 0.416 e. The fourth-order valence-corrected chi connectivity index (χ4v) is 6.00. The summed E-state index contributed by atoms with van der Waals surface area (Å²) in [7, 11) is 1.61. The summed E-state index contributed by atoms with van der Waals surface area (Å²) in [6.45, 7) is 7.33. The van der Waals surface area contributed by atoms with E-state index in [-0.39, 0.29) is 17.6 Å². The number of amides is 2. The molecule has 0 spiro atoms. The summed E-state index contributed by atoms with van der Waals surface area (Å²) < 4.78 is 49.2. The molecule has 1 saturated heterocycles. The normalized spacial score (nSPS) is 17.9. The molecule has 5 rings (SSSR count). The van der Waals surface area contributed by atoms with Crippen molar-refractivity contribution < 1.29 is 32.2 Å². The molecule has 2 heterocycles. The van der Waals surface area contributed by atoms with Crippen LogP contribution in [0.5, 0.6) is 11.5 Å². The third kappa shape index (κ3) is 7.91. The number of hydrogen-bond acceptors (Lipinski definition) is 5. The quantitative estimate of drug-likeness (QED) is 0.305. The van der Waals surface area contributed by atoms with Gasteiger partial charge >= 0.3 is 6.18 Å². The maximum atomic E-state index is 13.3. The average Bonchev–Trinajstić information content (AvgIpc) is 3.45. The van der Waals surface area contributed by atoms with E-state index in [1.54, 1.807) is 31.4 Å². The molecule has 2 atom stereocenters. The minimum atomic E-state index is -4.40. The highest BCUT2D eigenvalue weighted by Gasteiger charge is 2.30. The number of benzene rings is 3. The number of carbonyl (C=O) groups is 2. The number of halogens is 3. The lowest BCUT2D eigenvalue weighted by molar-refractivity contribution is -0.137. The molecule has 2 aliphatic heterocycles. The van der Waals surface area contributed by atoms with Crippen LogP contribution in [-0.2, 0) is 10.9 Å². The van der Waals surface area contributed by atoms with Gasteiger partial charge in [-0.05, 0) is 104 Å². The second-order valence-electron chi connectivity index (χ2n) is 12.0. The molecular weight excluding hydrogens is 595 g/mol. The summed E-state index contributed by atoms with van der Waals surface area (Å²) in [5.74, 6) is 0.940. The van der Waals surface area contributed by atoms with E-state index in [9.17, 15) is 22.8 Å². The van der Waals surface area contributed by atoms with E-state index >= 15 is 0 Å². The number of alkyl halides is 3. The van der Waals surface area contributed by atoms with E-state index < -0.39 is 11.7 Å². The van der Waals surface area contributed by atoms with Crippen LogP contribution in [0.25, 0.3) is 12.3 Å². The van der Waals surface area contributed by atoms with Crippen molar-refractivity contribution in [2.45, 2.75) is 45.3 Å². The van der Waals surface area contributed by atoms with Crippen molar-refractivity contribution in [3.8, 4) is 11.5 Å². The minimum absolute atomic E-state index is 0.0475. The third-order valence-electron chi connectivity index (χ3n) is 8.81. The first-order chi connectivity index (χ1) is 22.0. The summed E-state index contributed by atoms with van der Waals surface area (Å²) in [5.41, 5.74) is 1.42. The van der Waals surface area contributed by atoms with Crippen molar-refractivity contribution in [3.05, 3.63) is 93.4 Å². The molecule has 10 heteroatoms. The summed E-state index contributed by atoms with van der Waals surface area (Å²) in [6.07, 6.45) is 2.80. The number of nitrogens with zero attached hydrogens (tertiary/aromatic N) is 2. The molecule has 2 unspecified atom stereocenters. The number of rotatable bonds is 10. The zero-order chi connectivity index (χ0) is 32.8. The van der Waals surface area contributed by atoms with Gasteiger partial charge in [0.05, 0.1) is 12.2 Å². The Bertz CT molecular complexity index is 1660. The molecule has 0 aromatic heterocycles. The lowest BCUT2D eigenvalue weighted by atomic mass is 10.0. The number of nitrogens with one attached hydrogen (secondary N) is 1. The molecule has 0 radical (unpaired) electrons. The average molecular weight is 636 g/mol. The van der Waals surface area contributed by atoms with E-state index in [2.05, 4.69) is 29.4 Å². The van der Waals surface area contributed by atoms with E-state index in [1.807, 2.05) is 24.0 Å². The minimum Gasteiger partial charge on any atom is -0.457 e. The largest absolute Gasteiger partial charge is 0.457 e. The lowest BCUT2D eigenvalue weighted by Gasteiger charge is -2.28. The van der Waals surface area contributed by atoms with Gasteiger partial charge in [-0.15, -0.1) is 0 Å². The number of ether oxygens (including phenoxy) is 2. The van der Waals surface area contributed by atoms with Crippen LogP contribution in [0.1, 0.15) is 58.0 Å². The third-order valence-corrected chi connectivity index (χ3v) is 8.81. The first-order valence-electron chi connectivity index (χ1n) is 15.6. The van der Waals surface area contributed by atoms with Gasteiger partial charge in [-0.2, -0.15) is 13.2 Å². The van der Waals surface area contributed by atoms with Crippen molar-refractivity contribution in [2.75, 3.05) is 39.9 Å². The van der Waals surface area contributed by atoms with E-state index in [0.717, 1.165) is 53.9 Å². The summed E-state index contributed by atoms with van der Waals surface area (Å²) in [6, 6.07) is 15.4. The number of methoxy groups -OCH3 is 1. The Balaban J connectivity index is 1.17. The van der Waals surface area contributed by atoms with Gasteiger partial charge in [-0.25, -0.2) is 0 Å². The van der Waals surface area contributed by atoms with Crippen molar-refractivity contribution in [1.29, 1.82) is 0 Å². The molecule has 244 valence electrons. The monoisotopic (exact) mass is 635 g/mol. The van der Waals surface area contributed by atoms with Crippen LogP contribution >= 0.6 is 0 Å². The van der Waals surface area contributed by atoms with Crippen LogP contribution in [0, 0.1) is 12.8 Å². The van der Waals surface area contributed by atoms with Gasteiger partial charge in [0.1, 0.15) is 11.5 Å². The number of carbonyl (C=O) groups excluding carboxylic acids is 2. The SMILES string of the molecule is COCCNC(=O)c1ccc2c(c1C)=CN(CCC1CCN(C(=O)c3ccc(Oc4ccc(C(F)(F)F)cc4)cc3)C1)C(C)CC=2. The molecule has 7 nitrogen and oxygen atoms in total. The molecule has 1 N–H and O–H groups in total. The van der Waals surface area contributed by atoms with Crippen molar-refractivity contribution in [2.24, 2.45) is 5.92 Å². The Labute approximate surface area is 267 Å². The molecule has 0 bridgehead atoms. The molecule has 46 heavy (non-hydrogen) atoms. The molecule has 2 aliphatic rings. The van der Waals surface area contributed by atoms with E-state index in [1.165, 1.54) is 12.1 Å². The zero-order valence-corrected chi connectivity index (χ0v) is 26.4. The maximum absolute atomic E-state index is 13.3. The summed E-state index contributed by atoms with van der Waals surface area (Å²) in [5, 5.41) is 5.12. The highest BCUT2D eigenvalue weighted by Crippen LogP contribution is 2.31. The number of hydrogen-bond donors (Lipinski definition) is 1. The molecule has 2 amide bonds. The predicted molar refractivity (Wildman–Crippen MR) is 171 cm³/mol. The Morgan fingerprint density at radius 2 is 1.70 bits per heavy atom. The van der Waals surface area contributed by atoms with Crippen LogP contribution in [0.3, 0.4) is 0 Å². The second kappa shape index (κ2) is 14.4. The zero-order valence-electron chi connectivity index (χ0n) is 26.4. The Hall–Kier alpha value is -4.31.